The molecule has 11 heteroatoms. The molecular formula is C28H23F3N6O2. The number of alkyl halides is 3. The maximum absolute atomic E-state index is 13.8. The van der Waals surface area contributed by atoms with E-state index in [-0.39, 0.29) is 22.7 Å². The summed E-state index contributed by atoms with van der Waals surface area (Å²) >= 11 is 0. The van der Waals surface area contributed by atoms with Gasteiger partial charge in [-0.2, -0.15) is 18.3 Å². The van der Waals surface area contributed by atoms with Crippen LogP contribution in [0.3, 0.4) is 0 Å². The van der Waals surface area contributed by atoms with Crippen molar-refractivity contribution in [1.29, 1.82) is 0 Å². The number of benzene rings is 2. The van der Waals surface area contributed by atoms with Gasteiger partial charge in [-0.1, -0.05) is 30.3 Å². The zero-order chi connectivity index (χ0) is 27.9. The van der Waals surface area contributed by atoms with E-state index < -0.39 is 17.6 Å². The van der Waals surface area contributed by atoms with Gasteiger partial charge < -0.3 is 10.2 Å². The molecule has 2 amide bonds. The molecule has 3 aromatic heterocycles. The Hall–Kier alpha value is -4.93. The third-order valence-electron chi connectivity index (χ3n) is 6.14. The highest BCUT2D eigenvalue weighted by atomic mass is 19.4. The van der Waals surface area contributed by atoms with Gasteiger partial charge in [0.2, 0.25) is 0 Å². The van der Waals surface area contributed by atoms with Gasteiger partial charge in [-0.3, -0.25) is 18.7 Å². The topological polar surface area (TPSA) is 84.5 Å². The number of carbonyl (C=O) groups is 2. The maximum atomic E-state index is 13.8. The Morgan fingerprint density at radius 2 is 1.67 bits per heavy atom. The van der Waals surface area contributed by atoms with Gasteiger partial charge in [0.1, 0.15) is 17.2 Å². The van der Waals surface area contributed by atoms with E-state index in [9.17, 15) is 22.8 Å². The largest absolute Gasteiger partial charge is 0.417 e. The molecule has 0 unspecified atom stereocenters. The van der Waals surface area contributed by atoms with Crippen LogP contribution in [-0.4, -0.2) is 50.0 Å². The van der Waals surface area contributed by atoms with E-state index in [2.05, 4.69) is 15.4 Å². The normalized spacial score (nSPS) is 11.5. The molecule has 1 N–H and O–H groups in total. The minimum Gasteiger partial charge on any atom is -0.345 e. The molecule has 198 valence electrons. The van der Waals surface area contributed by atoms with Crippen LogP contribution in [0.2, 0.25) is 0 Å². The van der Waals surface area contributed by atoms with Crippen LogP contribution in [0.25, 0.3) is 28.2 Å². The SMILES string of the molecule is CN(C)C(=O)c1ccn2c(NC(=O)c3ccc(C(F)(F)F)c(-c4ccn(C)n4)c3)c(-c3ccccc3)nc2c1. The van der Waals surface area contributed by atoms with Crippen LogP contribution in [0.4, 0.5) is 19.0 Å². The minimum atomic E-state index is -4.63. The van der Waals surface area contributed by atoms with E-state index in [4.69, 9.17) is 0 Å². The second-order valence-electron chi connectivity index (χ2n) is 9.11. The number of imidazole rings is 1. The number of hydrogen-bond donors (Lipinski definition) is 1. The molecule has 0 saturated carbocycles. The Kier molecular flexibility index (Phi) is 6.43. The first-order valence-electron chi connectivity index (χ1n) is 11.8. The zero-order valence-corrected chi connectivity index (χ0v) is 21.2. The van der Waals surface area contributed by atoms with Crippen LogP contribution in [-0.2, 0) is 13.2 Å². The summed E-state index contributed by atoms with van der Waals surface area (Å²) in [5.74, 6) is -0.531. The smallest absolute Gasteiger partial charge is 0.345 e. The number of halogens is 3. The van der Waals surface area contributed by atoms with Crippen molar-refractivity contribution in [3.63, 3.8) is 0 Å². The summed E-state index contributed by atoms with van der Waals surface area (Å²) in [5.41, 5.74) is 0.985. The van der Waals surface area contributed by atoms with E-state index in [0.29, 0.717) is 28.3 Å². The highest BCUT2D eigenvalue weighted by Gasteiger charge is 2.34. The van der Waals surface area contributed by atoms with Crippen molar-refractivity contribution in [3.8, 4) is 22.5 Å². The van der Waals surface area contributed by atoms with Crippen molar-refractivity contribution < 1.29 is 22.8 Å². The quantitative estimate of drug-likeness (QED) is 0.330. The predicted molar refractivity (Wildman–Crippen MR) is 140 cm³/mol. The molecule has 8 nitrogen and oxygen atoms in total. The lowest BCUT2D eigenvalue weighted by Crippen LogP contribution is -2.21. The van der Waals surface area contributed by atoms with E-state index >= 15 is 0 Å². The van der Waals surface area contributed by atoms with Crippen LogP contribution in [0.15, 0.2) is 79.1 Å². The van der Waals surface area contributed by atoms with Crippen molar-refractivity contribution >= 4 is 23.3 Å². The van der Waals surface area contributed by atoms with Gasteiger partial charge in [-0.25, -0.2) is 4.98 Å². The Balaban J connectivity index is 1.60. The number of amides is 2. The fourth-order valence-corrected chi connectivity index (χ4v) is 4.24. The summed E-state index contributed by atoms with van der Waals surface area (Å²) in [4.78, 5) is 32.0. The maximum Gasteiger partial charge on any atom is 0.417 e. The molecule has 5 rings (SSSR count). The summed E-state index contributed by atoms with van der Waals surface area (Å²) < 4.78 is 44.3. The average molecular weight is 533 g/mol. The molecular weight excluding hydrogens is 509 g/mol. The van der Waals surface area contributed by atoms with E-state index in [1.807, 2.05) is 30.3 Å². The van der Waals surface area contributed by atoms with Crippen molar-refractivity contribution in [1.82, 2.24) is 24.1 Å². The lowest BCUT2D eigenvalue weighted by Gasteiger charge is -2.14. The Labute approximate surface area is 221 Å². The van der Waals surface area contributed by atoms with E-state index in [1.165, 1.54) is 27.9 Å². The molecule has 0 aliphatic rings. The number of aromatic nitrogens is 4. The van der Waals surface area contributed by atoms with Gasteiger partial charge in [0.25, 0.3) is 11.8 Å². The Morgan fingerprint density at radius 3 is 2.31 bits per heavy atom. The number of pyridine rings is 1. The summed E-state index contributed by atoms with van der Waals surface area (Å²) in [6, 6.07) is 17.0. The Bertz CT molecular complexity index is 1700. The summed E-state index contributed by atoms with van der Waals surface area (Å²) in [6.07, 6.45) is -1.49. The molecule has 0 fully saturated rings. The van der Waals surface area contributed by atoms with Crippen molar-refractivity contribution in [2.45, 2.75) is 6.18 Å². The summed E-state index contributed by atoms with van der Waals surface area (Å²) in [6.45, 7) is 0. The fourth-order valence-electron chi connectivity index (χ4n) is 4.24. The van der Waals surface area contributed by atoms with Crippen LogP contribution in [0.1, 0.15) is 26.3 Å². The van der Waals surface area contributed by atoms with Crippen molar-refractivity contribution in [3.05, 3.63) is 95.8 Å². The first kappa shape index (κ1) is 25.7. The first-order valence-corrected chi connectivity index (χ1v) is 11.8. The van der Waals surface area contributed by atoms with Gasteiger partial charge in [0, 0.05) is 55.8 Å². The van der Waals surface area contributed by atoms with Crippen LogP contribution in [0, 0.1) is 0 Å². The number of nitrogens with zero attached hydrogens (tertiary/aromatic N) is 5. The lowest BCUT2D eigenvalue weighted by atomic mass is 10.0. The number of rotatable bonds is 5. The molecule has 0 saturated heterocycles. The fraction of sp³-hybridized carbons (Fsp3) is 0.143. The second-order valence-corrected chi connectivity index (χ2v) is 9.11. The van der Waals surface area contributed by atoms with Crippen molar-refractivity contribution in [2.75, 3.05) is 19.4 Å². The Morgan fingerprint density at radius 1 is 0.923 bits per heavy atom. The van der Waals surface area contributed by atoms with Crippen LogP contribution in [0.5, 0.6) is 0 Å². The molecule has 0 aliphatic heterocycles. The minimum absolute atomic E-state index is 0.0111. The highest BCUT2D eigenvalue weighted by molar-refractivity contribution is 6.06. The molecule has 5 aromatic rings. The predicted octanol–water partition coefficient (Wildman–Crippen LogP) is 5.37. The van der Waals surface area contributed by atoms with Gasteiger partial charge in [-0.05, 0) is 36.4 Å². The lowest BCUT2D eigenvalue weighted by molar-refractivity contribution is -0.137. The number of hydrogen-bond acceptors (Lipinski definition) is 4. The number of nitrogens with one attached hydrogen (secondary N) is 1. The molecule has 2 aromatic carbocycles. The summed E-state index contributed by atoms with van der Waals surface area (Å²) in [5, 5.41) is 6.92. The molecule has 0 atom stereocenters. The third-order valence-corrected chi connectivity index (χ3v) is 6.14. The van der Waals surface area contributed by atoms with Gasteiger partial charge >= 0.3 is 6.18 Å². The standard InChI is InChI=1S/C28H23F3N6O2/c1-35(2)27(39)19-11-14-37-23(16-19)32-24(17-7-5-4-6-8-17)25(37)33-26(38)18-9-10-21(28(29,30)31)20(15-18)22-12-13-36(3)34-22/h4-16H,1-3H3,(H,33,38). The number of anilines is 1. The zero-order valence-electron chi connectivity index (χ0n) is 21.2. The van der Waals surface area contributed by atoms with Crippen LogP contribution < -0.4 is 5.32 Å². The third kappa shape index (κ3) is 4.98. The molecule has 0 radical (unpaired) electrons. The average Bonchev–Trinajstić information content (AvgIpc) is 3.51. The molecule has 39 heavy (non-hydrogen) atoms. The van der Waals surface area contributed by atoms with Crippen molar-refractivity contribution in [2.24, 2.45) is 7.05 Å². The molecule has 3 heterocycles. The monoisotopic (exact) mass is 532 g/mol. The van der Waals surface area contributed by atoms with E-state index in [0.717, 1.165) is 12.1 Å². The number of fused-ring (bicyclic) bond motifs is 1. The molecule has 0 aliphatic carbocycles. The summed E-state index contributed by atoms with van der Waals surface area (Å²) in [7, 11) is 4.88. The molecule has 0 bridgehead atoms. The first-order chi connectivity index (χ1) is 18.5. The highest BCUT2D eigenvalue weighted by Crippen LogP contribution is 2.37. The van der Waals surface area contributed by atoms with Gasteiger partial charge in [0.05, 0.1) is 11.3 Å². The second kappa shape index (κ2) is 9.75. The van der Waals surface area contributed by atoms with E-state index in [1.54, 1.807) is 43.9 Å². The van der Waals surface area contributed by atoms with Crippen LogP contribution >= 0.6 is 0 Å². The van der Waals surface area contributed by atoms with Gasteiger partial charge in [-0.15, -0.1) is 0 Å². The van der Waals surface area contributed by atoms with Gasteiger partial charge in [0.15, 0.2) is 0 Å². The molecule has 0 spiro atoms. The number of carbonyl (C=O) groups excluding carboxylic acids is 2. The number of aryl methyl sites for hydroxylation is 1.